The number of esters is 1. The minimum atomic E-state index is -1.03. The Hall–Kier alpha value is -2.57. The van der Waals surface area contributed by atoms with Crippen LogP contribution in [0.5, 0.6) is 0 Å². The molecule has 1 atom stereocenters. The average molecular weight is 395 g/mol. The number of nitrogens with one attached hydrogen (secondary N) is 2. The Morgan fingerprint density at radius 3 is 1.92 bits per heavy atom. The van der Waals surface area contributed by atoms with Crippen LogP contribution >= 0.6 is 23.2 Å². The third kappa shape index (κ3) is 5.75. The maximum atomic E-state index is 12.2. The maximum absolute atomic E-state index is 12.2. The number of carbonyl (C=O) groups is 3. The zero-order valence-corrected chi connectivity index (χ0v) is 15.5. The molecule has 0 aliphatic heterocycles. The van der Waals surface area contributed by atoms with Crippen molar-refractivity contribution in [1.29, 1.82) is 0 Å². The highest BCUT2D eigenvalue weighted by atomic mass is 35.5. The van der Waals surface area contributed by atoms with Crippen molar-refractivity contribution in [3.63, 3.8) is 0 Å². The number of anilines is 2. The van der Waals surface area contributed by atoms with Gasteiger partial charge in [-0.25, -0.2) is 4.79 Å². The van der Waals surface area contributed by atoms with Crippen molar-refractivity contribution in [2.24, 2.45) is 0 Å². The molecule has 0 spiro atoms. The van der Waals surface area contributed by atoms with Crippen molar-refractivity contribution >= 4 is 52.4 Å². The molecule has 0 unspecified atom stereocenters. The first kappa shape index (κ1) is 19.8. The lowest BCUT2D eigenvalue weighted by Gasteiger charge is -2.14. The molecular formula is C18H16Cl2N2O4. The van der Waals surface area contributed by atoms with E-state index in [1.54, 1.807) is 24.3 Å². The van der Waals surface area contributed by atoms with Crippen LogP contribution in [0.4, 0.5) is 11.4 Å². The van der Waals surface area contributed by atoms with Gasteiger partial charge in [0.15, 0.2) is 6.10 Å². The van der Waals surface area contributed by atoms with Crippen LogP contribution < -0.4 is 10.6 Å². The van der Waals surface area contributed by atoms with Crippen molar-refractivity contribution in [3.8, 4) is 0 Å². The van der Waals surface area contributed by atoms with Crippen LogP contribution in [0.3, 0.4) is 0 Å². The Morgan fingerprint density at radius 2 is 1.42 bits per heavy atom. The molecule has 2 N–H and O–H groups in total. The molecule has 2 aromatic carbocycles. The Morgan fingerprint density at radius 1 is 0.923 bits per heavy atom. The standard InChI is InChI=1S/C18H16Cl2N2O4/c1-10(26-18(25)12-7-13(19)9-14(20)8-12)17(24)22-16-5-3-15(4-6-16)21-11(2)23/h3-10H,1-2H3,(H,21,23)(H,22,24)/t10-/m1/s1. The summed E-state index contributed by atoms with van der Waals surface area (Å²) in [5.41, 5.74) is 1.26. The van der Waals surface area contributed by atoms with Crippen LogP contribution in [-0.4, -0.2) is 23.9 Å². The number of hydrogen-bond acceptors (Lipinski definition) is 4. The van der Waals surface area contributed by atoms with E-state index in [2.05, 4.69) is 10.6 Å². The summed E-state index contributed by atoms with van der Waals surface area (Å²) in [6.07, 6.45) is -1.03. The van der Waals surface area contributed by atoms with E-state index in [1.807, 2.05) is 0 Å². The molecule has 2 rings (SSSR count). The molecular weight excluding hydrogens is 379 g/mol. The fourth-order valence-electron chi connectivity index (χ4n) is 2.04. The lowest BCUT2D eigenvalue weighted by atomic mass is 10.2. The number of amides is 2. The van der Waals surface area contributed by atoms with Crippen molar-refractivity contribution in [2.75, 3.05) is 10.6 Å². The number of rotatable bonds is 5. The molecule has 0 aliphatic rings. The molecule has 8 heteroatoms. The van der Waals surface area contributed by atoms with Crippen LogP contribution in [0.25, 0.3) is 0 Å². The lowest BCUT2D eigenvalue weighted by Crippen LogP contribution is -2.30. The van der Waals surface area contributed by atoms with E-state index >= 15 is 0 Å². The normalized spacial score (nSPS) is 11.4. The molecule has 0 aliphatic carbocycles. The molecule has 0 heterocycles. The van der Waals surface area contributed by atoms with Gasteiger partial charge in [-0.05, 0) is 49.4 Å². The molecule has 0 radical (unpaired) electrons. The van der Waals surface area contributed by atoms with Crippen LogP contribution in [0.1, 0.15) is 24.2 Å². The highest BCUT2D eigenvalue weighted by Gasteiger charge is 2.19. The van der Waals surface area contributed by atoms with E-state index in [4.69, 9.17) is 27.9 Å². The van der Waals surface area contributed by atoms with Crippen LogP contribution in [-0.2, 0) is 14.3 Å². The fraction of sp³-hybridized carbons (Fsp3) is 0.167. The van der Waals surface area contributed by atoms with E-state index in [9.17, 15) is 14.4 Å². The van der Waals surface area contributed by atoms with Crippen LogP contribution in [0.2, 0.25) is 10.0 Å². The second-order valence-electron chi connectivity index (χ2n) is 5.45. The second kappa shape index (κ2) is 8.69. The van der Waals surface area contributed by atoms with Crippen molar-refractivity contribution in [3.05, 3.63) is 58.1 Å². The van der Waals surface area contributed by atoms with E-state index < -0.39 is 18.0 Å². The molecule has 0 fully saturated rings. The maximum Gasteiger partial charge on any atom is 0.339 e. The summed E-state index contributed by atoms with van der Waals surface area (Å²) in [6.45, 7) is 2.85. The summed E-state index contributed by atoms with van der Waals surface area (Å²) in [4.78, 5) is 35.3. The van der Waals surface area contributed by atoms with Gasteiger partial charge >= 0.3 is 5.97 Å². The van der Waals surface area contributed by atoms with Gasteiger partial charge in [0, 0.05) is 28.3 Å². The molecule has 0 saturated carbocycles. The average Bonchev–Trinajstić information content (AvgIpc) is 2.55. The second-order valence-corrected chi connectivity index (χ2v) is 6.33. The highest BCUT2D eigenvalue weighted by molar-refractivity contribution is 6.35. The fourth-order valence-corrected chi connectivity index (χ4v) is 2.56. The molecule has 2 aromatic rings. The third-order valence-electron chi connectivity index (χ3n) is 3.22. The first-order valence-electron chi connectivity index (χ1n) is 7.60. The molecule has 0 aromatic heterocycles. The van der Waals surface area contributed by atoms with E-state index in [-0.39, 0.29) is 11.5 Å². The van der Waals surface area contributed by atoms with Gasteiger partial charge in [0.05, 0.1) is 5.56 Å². The van der Waals surface area contributed by atoms with Gasteiger partial charge in [-0.15, -0.1) is 0 Å². The number of halogens is 2. The Bertz CT molecular complexity index is 817. The Balaban J connectivity index is 1.96. The molecule has 136 valence electrons. The van der Waals surface area contributed by atoms with E-state index in [0.717, 1.165) is 0 Å². The number of carbonyl (C=O) groups excluding carboxylic acids is 3. The zero-order valence-electron chi connectivity index (χ0n) is 14.0. The molecule has 6 nitrogen and oxygen atoms in total. The van der Waals surface area contributed by atoms with Crippen molar-refractivity contribution in [2.45, 2.75) is 20.0 Å². The molecule has 0 saturated heterocycles. The predicted octanol–water partition coefficient (Wildman–Crippen LogP) is 4.14. The van der Waals surface area contributed by atoms with Gasteiger partial charge in [-0.2, -0.15) is 0 Å². The Kier molecular flexibility index (Phi) is 6.60. The van der Waals surface area contributed by atoms with Crippen LogP contribution in [0, 0.1) is 0 Å². The summed E-state index contributed by atoms with van der Waals surface area (Å²) in [5.74, 6) is -1.40. The molecule has 26 heavy (non-hydrogen) atoms. The first-order chi connectivity index (χ1) is 12.2. The Labute approximate surface area is 160 Å². The van der Waals surface area contributed by atoms with Crippen molar-refractivity contribution in [1.82, 2.24) is 0 Å². The lowest BCUT2D eigenvalue weighted by molar-refractivity contribution is -0.123. The third-order valence-corrected chi connectivity index (χ3v) is 3.66. The highest BCUT2D eigenvalue weighted by Crippen LogP contribution is 2.20. The van der Waals surface area contributed by atoms with Gasteiger partial charge in [-0.1, -0.05) is 23.2 Å². The largest absolute Gasteiger partial charge is 0.449 e. The number of benzene rings is 2. The SMILES string of the molecule is CC(=O)Nc1ccc(NC(=O)[C@@H](C)OC(=O)c2cc(Cl)cc(Cl)c2)cc1. The smallest absolute Gasteiger partial charge is 0.339 e. The summed E-state index contributed by atoms with van der Waals surface area (Å²) in [5, 5.41) is 5.82. The summed E-state index contributed by atoms with van der Waals surface area (Å²) < 4.78 is 5.13. The van der Waals surface area contributed by atoms with Gasteiger partial charge in [-0.3, -0.25) is 9.59 Å². The van der Waals surface area contributed by atoms with E-state index in [0.29, 0.717) is 21.4 Å². The minimum Gasteiger partial charge on any atom is -0.449 e. The summed E-state index contributed by atoms with van der Waals surface area (Å²) in [6, 6.07) is 10.8. The predicted molar refractivity (Wildman–Crippen MR) is 101 cm³/mol. The van der Waals surface area contributed by atoms with Crippen molar-refractivity contribution < 1.29 is 19.1 Å². The minimum absolute atomic E-state index is 0.154. The first-order valence-corrected chi connectivity index (χ1v) is 8.36. The summed E-state index contributed by atoms with van der Waals surface area (Å²) in [7, 11) is 0. The number of hydrogen-bond donors (Lipinski definition) is 2. The zero-order chi connectivity index (χ0) is 19.3. The monoisotopic (exact) mass is 394 g/mol. The van der Waals surface area contributed by atoms with Gasteiger partial charge < -0.3 is 15.4 Å². The van der Waals surface area contributed by atoms with Gasteiger partial charge in [0.1, 0.15) is 0 Å². The molecule has 0 bridgehead atoms. The summed E-state index contributed by atoms with van der Waals surface area (Å²) >= 11 is 11.7. The van der Waals surface area contributed by atoms with Crippen LogP contribution in [0.15, 0.2) is 42.5 Å². The molecule has 2 amide bonds. The van der Waals surface area contributed by atoms with E-state index in [1.165, 1.54) is 32.0 Å². The topological polar surface area (TPSA) is 84.5 Å². The quantitative estimate of drug-likeness (QED) is 0.746. The van der Waals surface area contributed by atoms with Gasteiger partial charge in [0.25, 0.3) is 5.91 Å². The van der Waals surface area contributed by atoms with Gasteiger partial charge in [0.2, 0.25) is 5.91 Å². The number of ether oxygens (including phenoxy) is 1.